The molecule has 92 valence electrons. The fraction of sp³-hybridized carbons (Fsp3) is 0.417. The lowest BCUT2D eigenvalue weighted by molar-refractivity contribution is 0.0722. The Morgan fingerprint density at radius 2 is 2.24 bits per heavy atom. The van der Waals surface area contributed by atoms with Gasteiger partial charge in [0.05, 0.1) is 16.0 Å². The molecule has 1 saturated heterocycles. The molecule has 1 heterocycles. The van der Waals surface area contributed by atoms with Gasteiger partial charge in [0.1, 0.15) is 5.82 Å². The van der Waals surface area contributed by atoms with Crippen molar-refractivity contribution < 1.29 is 9.18 Å². The Balaban J connectivity index is 2.24. The van der Waals surface area contributed by atoms with Crippen LogP contribution in [0.3, 0.4) is 0 Å². The van der Waals surface area contributed by atoms with Gasteiger partial charge in [0.15, 0.2) is 0 Å². The van der Waals surface area contributed by atoms with Crippen molar-refractivity contribution in [1.82, 2.24) is 4.90 Å². The first-order chi connectivity index (χ1) is 8.09. The van der Waals surface area contributed by atoms with Crippen molar-refractivity contribution in [3.8, 4) is 0 Å². The summed E-state index contributed by atoms with van der Waals surface area (Å²) in [4.78, 5) is 13.7. The van der Waals surface area contributed by atoms with Gasteiger partial charge < -0.3 is 4.90 Å². The van der Waals surface area contributed by atoms with E-state index in [9.17, 15) is 9.18 Å². The third-order valence-corrected chi connectivity index (χ3v) is 3.50. The summed E-state index contributed by atoms with van der Waals surface area (Å²) in [7, 11) is 0. The quantitative estimate of drug-likeness (QED) is 0.720. The van der Waals surface area contributed by atoms with Crippen molar-refractivity contribution >= 4 is 29.1 Å². The van der Waals surface area contributed by atoms with E-state index in [4.69, 9.17) is 23.2 Å². The second kappa shape index (κ2) is 5.23. The van der Waals surface area contributed by atoms with Gasteiger partial charge in [-0.3, -0.25) is 4.79 Å². The molecule has 1 aliphatic rings. The maximum atomic E-state index is 13.6. The lowest BCUT2D eigenvalue weighted by Gasteiger charge is -2.30. The van der Waals surface area contributed by atoms with Crippen LogP contribution in [0.1, 0.15) is 23.2 Å². The molecule has 1 fully saturated rings. The minimum absolute atomic E-state index is 0.0556. The Bertz CT molecular complexity index is 418. The highest BCUT2D eigenvalue weighted by molar-refractivity contribution is 6.33. The highest BCUT2D eigenvalue weighted by Crippen LogP contribution is 2.23. The third kappa shape index (κ3) is 2.72. The fourth-order valence-corrected chi connectivity index (χ4v) is 2.53. The zero-order valence-corrected chi connectivity index (χ0v) is 10.6. The number of hydrogen-bond acceptors (Lipinski definition) is 1. The van der Waals surface area contributed by atoms with Crippen LogP contribution in [0.15, 0.2) is 18.2 Å². The van der Waals surface area contributed by atoms with Crippen LogP contribution < -0.4 is 0 Å². The van der Waals surface area contributed by atoms with E-state index < -0.39 is 5.82 Å². The van der Waals surface area contributed by atoms with E-state index in [1.807, 2.05) is 0 Å². The molecule has 17 heavy (non-hydrogen) atoms. The molecule has 2 rings (SSSR count). The number of benzene rings is 1. The molecule has 1 aromatic carbocycles. The molecule has 0 bridgehead atoms. The van der Waals surface area contributed by atoms with Crippen LogP contribution >= 0.6 is 23.2 Å². The maximum absolute atomic E-state index is 13.6. The Morgan fingerprint density at radius 1 is 1.47 bits per heavy atom. The van der Waals surface area contributed by atoms with Gasteiger partial charge in [-0.25, -0.2) is 4.39 Å². The zero-order valence-electron chi connectivity index (χ0n) is 9.13. The van der Waals surface area contributed by atoms with Crippen molar-refractivity contribution in [2.75, 3.05) is 13.1 Å². The smallest absolute Gasteiger partial charge is 0.258 e. The number of carbonyl (C=O) groups excluding carboxylic acids is 1. The molecule has 1 aromatic rings. The normalized spacial score (nSPS) is 20.4. The summed E-state index contributed by atoms with van der Waals surface area (Å²) in [5.74, 6) is -0.961. The van der Waals surface area contributed by atoms with E-state index in [1.165, 1.54) is 18.2 Å². The lowest BCUT2D eigenvalue weighted by Crippen LogP contribution is -2.40. The molecule has 1 atom stereocenters. The minimum atomic E-state index is -0.584. The molecule has 0 saturated carbocycles. The van der Waals surface area contributed by atoms with Gasteiger partial charge in [0, 0.05) is 13.1 Å². The Hall–Kier alpha value is -0.800. The number of hydrogen-bond donors (Lipinski definition) is 0. The summed E-state index contributed by atoms with van der Waals surface area (Å²) in [5, 5.41) is 0.0879. The molecule has 5 heteroatoms. The van der Waals surface area contributed by atoms with Gasteiger partial charge in [-0.2, -0.15) is 0 Å². The lowest BCUT2D eigenvalue weighted by atomic mass is 10.1. The van der Waals surface area contributed by atoms with E-state index >= 15 is 0 Å². The van der Waals surface area contributed by atoms with Crippen molar-refractivity contribution in [3.63, 3.8) is 0 Å². The molecule has 1 aliphatic heterocycles. The first kappa shape index (κ1) is 12.7. The number of piperidine rings is 1. The van der Waals surface area contributed by atoms with Crippen LogP contribution in [0.4, 0.5) is 4.39 Å². The van der Waals surface area contributed by atoms with Gasteiger partial charge in [-0.1, -0.05) is 17.7 Å². The number of halogens is 3. The minimum Gasteiger partial charge on any atom is -0.337 e. The summed E-state index contributed by atoms with van der Waals surface area (Å²) in [6.45, 7) is 1.05. The molecule has 0 radical (unpaired) electrons. The molecular formula is C12H12Cl2FNO. The topological polar surface area (TPSA) is 20.3 Å². The molecule has 0 spiro atoms. The molecule has 2 nitrogen and oxygen atoms in total. The molecule has 0 N–H and O–H groups in total. The average Bonchev–Trinajstić information content (AvgIpc) is 2.28. The Labute approximate surface area is 109 Å². The largest absolute Gasteiger partial charge is 0.337 e. The second-order valence-corrected chi connectivity index (χ2v) is 5.11. The number of likely N-dealkylation sites (tertiary alicyclic amines) is 1. The number of alkyl halides is 1. The monoisotopic (exact) mass is 275 g/mol. The average molecular weight is 276 g/mol. The van der Waals surface area contributed by atoms with Crippen molar-refractivity contribution in [2.45, 2.75) is 18.2 Å². The highest BCUT2D eigenvalue weighted by atomic mass is 35.5. The van der Waals surface area contributed by atoms with Gasteiger partial charge in [0.25, 0.3) is 5.91 Å². The third-order valence-electron chi connectivity index (χ3n) is 2.83. The van der Waals surface area contributed by atoms with E-state index in [-0.39, 0.29) is 21.9 Å². The maximum Gasteiger partial charge on any atom is 0.258 e. The SMILES string of the molecule is O=C(c1c(F)cccc1Cl)N1CCCC(Cl)C1. The number of rotatable bonds is 1. The first-order valence-electron chi connectivity index (χ1n) is 5.47. The number of amides is 1. The predicted molar refractivity (Wildman–Crippen MR) is 66.2 cm³/mol. The van der Waals surface area contributed by atoms with Crippen molar-refractivity contribution in [1.29, 1.82) is 0 Å². The molecule has 0 aromatic heterocycles. The summed E-state index contributed by atoms with van der Waals surface area (Å²) in [6, 6.07) is 4.23. The Kier molecular flexibility index (Phi) is 3.89. The molecular weight excluding hydrogens is 264 g/mol. The van der Waals surface area contributed by atoms with Crippen LogP contribution in [0, 0.1) is 5.82 Å². The predicted octanol–water partition coefficient (Wildman–Crippen LogP) is 3.32. The van der Waals surface area contributed by atoms with Crippen molar-refractivity contribution in [2.24, 2.45) is 0 Å². The summed E-state index contributed by atoms with van der Waals surface area (Å²) < 4.78 is 13.6. The summed E-state index contributed by atoms with van der Waals surface area (Å²) >= 11 is 11.9. The molecule has 1 unspecified atom stereocenters. The number of carbonyl (C=O) groups is 1. The van der Waals surface area contributed by atoms with Crippen LogP contribution in [0.5, 0.6) is 0 Å². The first-order valence-corrected chi connectivity index (χ1v) is 6.28. The van der Waals surface area contributed by atoms with Crippen LogP contribution in [-0.4, -0.2) is 29.3 Å². The van der Waals surface area contributed by atoms with Gasteiger partial charge in [-0.05, 0) is 25.0 Å². The van der Waals surface area contributed by atoms with Gasteiger partial charge in [0.2, 0.25) is 0 Å². The van der Waals surface area contributed by atoms with E-state index in [0.29, 0.717) is 13.1 Å². The number of nitrogens with zero attached hydrogens (tertiary/aromatic N) is 1. The van der Waals surface area contributed by atoms with Crippen LogP contribution in [0.25, 0.3) is 0 Å². The van der Waals surface area contributed by atoms with Crippen LogP contribution in [0.2, 0.25) is 5.02 Å². The molecule has 0 aliphatic carbocycles. The Morgan fingerprint density at radius 3 is 2.88 bits per heavy atom. The van der Waals surface area contributed by atoms with Crippen LogP contribution in [-0.2, 0) is 0 Å². The standard InChI is InChI=1S/C12H12Cl2FNO/c13-8-3-2-6-16(7-8)12(17)11-9(14)4-1-5-10(11)15/h1,4-5,8H,2-3,6-7H2. The van der Waals surface area contributed by atoms with Crippen molar-refractivity contribution in [3.05, 3.63) is 34.6 Å². The fourth-order valence-electron chi connectivity index (χ4n) is 1.97. The van der Waals surface area contributed by atoms with E-state index in [0.717, 1.165) is 12.8 Å². The summed E-state index contributed by atoms with van der Waals surface area (Å²) in [5.41, 5.74) is -0.0556. The van der Waals surface area contributed by atoms with E-state index in [2.05, 4.69) is 0 Å². The highest BCUT2D eigenvalue weighted by Gasteiger charge is 2.26. The van der Waals surface area contributed by atoms with Gasteiger partial charge >= 0.3 is 0 Å². The van der Waals surface area contributed by atoms with E-state index in [1.54, 1.807) is 4.90 Å². The summed E-state index contributed by atoms with van der Waals surface area (Å²) in [6.07, 6.45) is 1.72. The second-order valence-electron chi connectivity index (χ2n) is 4.09. The zero-order chi connectivity index (χ0) is 12.4. The molecule has 1 amide bonds. The van der Waals surface area contributed by atoms with Gasteiger partial charge in [-0.15, -0.1) is 11.6 Å².